The molecule has 0 saturated heterocycles. The second-order valence-corrected chi connectivity index (χ2v) is 8.07. The molecule has 0 saturated carbocycles. The number of hydrogen-bond donors (Lipinski definition) is 0. The number of fused-ring (bicyclic) bond motifs is 5. The molecule has 26 heavy (non-hydrogen) atoms. The number of hydrogen-bond acceptors (Lipinski definition) is 1. The first-order valence-electron chi connectivity index (χ1n) is 8.89. The van der Waals surface area contributed by atoms with E-state index in [-0.39, 0.29) is 0 Å². The van der Waals surface area contributed by atoms with E-state index < -0.39 is 0 Å². The second-order valence-electron chi connectivity index (χ2n) is 6.99. The number of para-hydroxylation sites is 2. The summed E-state index contributed by atoms with van der Waals surface area (Å²) in [4.78, 5) is 0. The molecule has 1 nitrogen and oxygen atoms in total. The molecule has 120 valence electrons. The van der Waals surface area contributed by atoms with Crippen molar-refractivity contribution in [2.24, 2.45) is 0 Å². The van der Waals surface area contributed by atoms with Crippen molar-refractivity contribution in [2.45, 2.75) is 0 Å². The first kappa shape index (κ1) is 13.2. The highest BCUT2D eigenvalue weighted by atomic mass is 32.1. The largest absolute Gasteiger partial charge is 0.308 e. The van der Waals surface area contributed by atoms with Crippen LogP contribution >= 0.6 is 11.3 Å². The van der Waals surface area contributed by atoms with Gasteiger partial charge in [-0.05, 0) is 29.7 Å². The summed E-state index contributed by atoms with van der Waals surface area (Å²) in [6.45, 7) is 0. The molecule has 0 aliphatic heterocycles. The molecule has 7 rings (SSSR count). The molecular weight excluding hydrogens is 334 g/mol. The van der Waals surface area contributed by atoms with Crippen molar-refractivity contribution in [3.8, 4) is 0 Å². The summed E-state index contributed by atoms with van der Waals surface area (Å²) >= 11 is 1.90. The zero-order valence-electron chi connectivity index (χ0n) is 13.9. The van der Waals surface area contributed by atoms with Crippen LogP contribution in [-0.4, -0.2) is 4.40 Å². The topological polar surface area (TPSA) is 4.41 Å². The Hall–Kier alpha value is -3.10. The maximum atomic E-state index is 2.48. The fourth-order valence-corrected chi connectivity index (χ4v) is 5.90. The molecule has 2 heteroatoms. The highest BCUT2D eigenvalue weighted by Gasteiger charge is 2.18. The van der Waals surface area contributed by atoms with E-state index in [1.807, 2.05) is 11.3 Å². The fourth-order valence-electron chi connectivity index (χ4n) is 4.75. The Morgan fingerprint density at radius 1 is 0.500 bits per heavy atom. The number of nitrogens with zero attached hydrogens (tertiary/aromatic N) is 1. The SMILES string of the molecule is c1cc2sc3cccc4c3c2c(c1)c1cccc2c3ccccc3n4c12. The molecule has 0 spiro atoms. The highest BCUT2D eigenvalue weighted by molar-refractivity contribution is 7.26. The molecule has 0 radical (unpaired) electrons. The Morgan fingerprint density at radius 2 is 1.12 bits per heavy atom. The van der Waals surface area contributed by atoms with Crippen molar-refractivity contribution in [2.75, 3.05) is 0 Å². The lowest BCUT2D eigenvalue weighted by molar-refractivity contribution is 1.36. The van der Waals surface area contributed by atoms with Gasteiger partial charge in [0.05, 0.1) is 16.6 Å². The second kappa shape index (κ2) is 4.35. The number of rotatable bonds is 0. The van der Waals surface area contributed by atoms with E-state index in [0.717, 1.165) is 0 Å². The Labute approximate surface area is 153 Å². The third-order valence-corrected chi connectivity index (χ3v) is 6.85. The molecule has 0 aliphatic carbocycles. The van der Waals surface area contributed by atoms with Gasteiger partial charge in [0, 0.05) is 36.3 Å². The Morgan fingerprint density at radius 3 is 2.04 bits per heavy atom. The van der Waals surface area contributed by atoms with E-state index in [1.165, 1.54) is 58.3 Å². The zero-order chi connectivity index (χ0) is 16.8. The van der Waals surface area contributed by atoms with Crippen LogP contribution in [0.5, 0.6) is 0 Å². The fraction of sp³-hybridized carbons (Fsp3) is 0. The molecular formula is C24H13NS. The summed E-state index contributed by atoms with van der Waals surface area (Å²) in [5.74, 6) is 0. The van der Waals surface area contributed by atoms with Gasteiger partial charge in [-0.15, -0.1) is 11.3 Å². The number of aromatic nitrogens is 1. The van der Waals surface area contributed by atoms with Crippen molar-refractivity contribution >= 4 is 69.6 Å². The predicted molar refractivity (Wildman–Crippen MR) is 114 cm³/mol. The number of benzene rings is 4. The molecule has 0 fully saturated rings. The number of thiophene rings is 1. The van der Waals surface area contributed by atoms with Crippen LogP contribution in [0.15, 0.2) is 78.9 Å². The van der Waals surface area contributed by atoms with Crippen LogP contribution in [0.3, 0.4) is 0 Å². The van der Waals surface area contributed by atoms with Gasteiger partial charge in [-0.2, -0.15) is 0 Å². The lowest BCUT2D eigenvalue weighted by atomic mass is 10.0. The first-order chi connectivity index (χ1) is 12.9. The molecule has 7 aromatic rings. The lowest BCUT2D eigenvalue weighted by Crippen LogP contribution is -1.84. The summed E-state index contributed by atoms with van der Waals surface area (Å²) in [6, 6.07) is 29.0. The standard InChI is InChI=1S/C24H13NS/c1-2-10-18-14(6-1)16-8-3-9-17-15-7-4-12-20-22(15)23-19(25(18)24(16)17)11-5-13-21(23)26-20/h1-13H. The van der Waals surface area contributed by atoms with Gasteiger partial charge in [0.2, 0.25) is 0 Å². The molecule has 0 amide bonds. The van der Waals surface area contributed by atoms with E-state index >= 15 is 0 Å². The van der Waals surface area contributed by atoms with E-state index in [9.17, 15) is 0 Å². The van der Waals surface area contributed by atoms with E-state index in [0.29, 0.717) is 0 Å². The van der Waals surface area contributed by atoms with Crippen LogP contribution in [0.2, 0.25) is 0 Å². The molecule has 3 heterocycles. The monoisotopic (exact) mass is 347 g/mol. The summed E-state index contributed by atoms with van der Waals surface area (Å²) in [7, 11) is 0. The third kappa shape index (κ3) is 1.36. The summed E-state index contributed by atoms with van der Waals surface area (Å²) in [5.41, 5.74) is 3.92. The normalized spacial score (nSPS) is 12.6. The molecule has 0 aliphatic rings. The minimum atomic E-state index is 1.29. The summed E-state index contributed by atoms with van der Waals surface area (Å²) in [6.07, 6.45) is 0. The quantitative estimate of drug-likeness (QED) is 0.273. The Balaban J connectivity index is 2.07. The average molecular weight is 347 g/mol. The van der Waals surface area contributed by atoms with Crippen molar-refractivity contribution in [3.63, 3.8) is 0 Å². The van der Waals surface area contributed by atoms with E-state index in [2.05, 4.69) is 83.3 Å². The van der Waals surface area contributed by atoms with Gasteiger partial charge >= 0.3 is 0 Å². The minimum absolute atomic E-state index is 1.29. The van der Waals surface area contributed by atoms with Gasteiger partial charge in [0.25, 0.3) is 0 Å². The minimum Gasteiger partial charge on any atom is -0.308 e. The van der Waals surface area contributed by atoms with Gasteiger partial charge < -0.3 is 4.40 Å². The molecule has 0 atom stereocenters. The molecule has 4 aromatic carbocycles. The maximum absolute atomic E-state index is 2.48. The predicted octanol–water partition coefficient (Wildman–Crippen LogP) is 7.20. The van der Waals surface area contributed by atoms with Gasteiger partial charge in [0.1, 0.15) is 0 Å². The smallest absolute Gasteiger partial charge is 0.0619 e. The van der Waals surface area contributed by atoms with Crippen molar-refractivity contribution in [1.82, 2.24) is 4.40 Å². The van der Waals surface area contributed by atoms with Crippen LogP contribution in [0.1, 0.15) is 0 Å². The summed E-state index contributed by atoms with van der Waals surface area (Å²) in [5, 5.41) is 8.15. The van der Waals surface area contributed by atoms with Crippen molar-refractivity contribution < 1.29 is 0 Å². The van der Waals surface area contributed by atoms with Gasteiger partial charge in [-0.1, -0.05) is 54.6 Å². The maximum Gasteiger partial charge on any atom is 0.0619 e. The van der Waals surface area contributed by atoms with Crippen LogP contribution in [0.4, 0.5) is 0 Å². The van der Waals surface area contributed by atoms with E-state index in [1.54, 1.807) is 0 Å². The lowest BCUT2D eigenvalue weighted by Gasteiger charge is -2.01. The first-order valence-corrected chi connectivity index (χ1v) is 9.70. The van der Waals surface area contributed by atoms with Crippen molar-refractivity contribution in [1.29, 1.82) is 0 Å². The van der Waals surface area contributed by atoms with Crippen LogP contribution in [0, 0.1) is 0 Å². The van der Waals surface area contributed by atoms with Gasteiger partial charge in [0.15, 0.2) is 0 Å². The highest BCUT2D eigenvalue weighted by Crippen LogP contribution is 2.44. The van der Waals surface area contributed by atoms with Crippen LogP contribution in [0.25, 0.3) is 58.3 Å². The third-order valence-electron chi connectivity index (χ3n) is 5.73. The van der Waals surface area contributed by atoms with E-state index in [4.69, 9.17) is 0 Å². The zero-order valence-corrected chi connectivity index (χ0v) is 14.7. The Bertz CT molecular complexity index is 1630. The molecule has 0 N–H and O–H groups in total. The van der Waals surface area contributed by atoms with Crippen molar-refractivity contribution in [3.05, 3.63) is 78.9 Å². The molecule has 3 aromatic heterocycles. The molecule has 0 unspecified atom stereocenters. The van der Waals surface area contributed by atoms with Gasteiger partial charge in [-0.25, -0.2) is 0 Å². The van der Waals surface area contributed by atoms with Gasteiger partial charge in [-0.3, -0.25) is 0 Å². The Kier molecular flexibility index (Phi) is 2.20. The molecule has 0 bridgehead atoms. The average Bonchev–Trinajstić information content (AvgIpc) is 3.19. The van der Waals surface area contributed by atoms with Crippen LogP contribution in [-0.2, 0) is 0 Å². The van der Waals surface area contributed by atoms with Crippen LogP contribution < -0.4 is 0 Å². The summed E-state index contributed by atoms with van der Waals surface area (Å²) < 4.78 is 5.22.